The average molecular weight is 489 g/mol. The number of nitrogens with one attached hydrogen (secondary N) is 2. The highest BCUT2D eigenvalue weighted by atomic mass is 16.5. The molecular weight excluding hydrogens is 456 g/mol. The maximum Gasteiger partial charge on any atom is 0.408 e. The van der Waals surface area contributed by atoms with Gasteiger partial charge in [-0.05, 0) is 29.5 Å². The fourth-order valence-electron chi connectivity index (χ4n) is 3.91. The summed E-state index contributed by atoms with van der Waals surface area (Å²) >= 11 is 0. The number of alkyl carbamates (subject to hydrolysis) is 1. The van der Waals surface area contributed by atoms with Crippen LogP contribution >= 0.6 is 0 Å². The van der Waals surface area contributed by atoms with Gasteiger partial charge in [0.15, 0.2) is 0 Å². The Balaban J connectivity index is 1.84. The molecule has 3 N–H and O–H groups in total. The van der Waals surface area contributed by atoms with Gasteiger partial charge in [-0.15, -0.1) is 0 Å². The van der Waals surface area contributed by atoms with Crippen LogP contribution in [0, 0.1) is 5.92 Å². The number of carbonyl (C=O) groups excluding carboxylic acids is 2. The summed E-state index contributed by atoms with van der Waals surface area (Å²) < 4.78 is 5.32. The third kappa shape index (κ3) is 6.50. The molecule has 36 heavy (non-hydrogen) atoms. The highest BCUT2D eigenvalue weighted by Gasteiger charge is 2.42. The lowest BCUT2D eigenvalue weighted by Crippen LogP contribution is -2.63. The number of carbonyl (C=O) groups is 3. The molecule has 0 fully saturated rings. The molecule has 0 bridgehead atoms. The van der Waals surface area contributed by atoms with Crippen LogP contribution in [0.2, 0.25) is 0 Å². The van der Waals surface area contributed by atoms with Gasteiger partial charge in [0, 0.05) is 5.92 Å². The van der Waals surface area contributed by atoms with Gasteiger partial charge in [-0.25, -0.2) is 9.59 Å². The molecule has 0 saturated carbocycles. The van der Waals surface area contributed by atoms with Gasteiger partial charge in [0.1, 0.15) is 18.2 Å². The third-order valence-electron chi connectivity index (χ3n) is 6.40. The van der Waals surface area contributed by atoms with Gasteiger partial charge in [0.05, 0.1) is 0 Å². The van der Waals surface area contributed by atoms with Gasteiger partial charge < -0.3 is 20.5 Å². The number of hydrogen-bond acceptors (Lipinski definition) is 4. The van der Waals surface area contributed by atoms with E-state index in [-0.39, 0.29) is 12.5 Å². The van der Waals surface area contributed by atoms with Gasteiger partial charge in [-0.2, -0.15) is 0 Å². The van der Waals surface area contributed by atoms with Crippen molar-refractivity contribution in [3.8, 4) is 0 Å². The molecule has 0 aliphatic heterocycles. The second-order valence-corrected chi connectivity index (χ2v) is 9.13. The van der Waals surface area contributed by atoms with Crippen LogP contribution < -0.4 is 10.6 Å². The van der Waals surface area contributed by atoms with E-state index in [4.69, 9.17) is 4.74 Å². The molecule has 0 heterocycles. The highest BCUT2D eigenvalue weighted by Crippen LogP contribution is 2.29. The summed E-state index contributed by atoms with van der Waals surface area (Å²) in [7, 11) is 0. The first-order valence-corrected chi connectivity index (χ1v) is 11.8. The van der Waals surface area contributed by atoms with Crippen molar-refractivity contribution in [2.75, 3.05) is 0 Å². The zero-order valence-electron chi connectivity index (χ0n) is 20.7. The van der Waals surface area contributed by atoms with E-state index in [0.29, 0.717) is 0 Å². The Bertz CT molecular complexity index is 1110. The van der Waals surface area contributed by atoms with E-state index in [2.05, 4.69) is 10.6 Å². The summed E-state index contributed by atoms with van der Waals surface area (Å²) in [5.74, 6) is -2.80. The van der Waals surface area contributed by atoms with Crippen molar-refractivity contribution >= 4 is 18.0 Å². The molecular formula is C29H32N2O5. The number of ether oxygens (including phenoxy) is 1. The molecule has 0 aliphatic rings. The number of amides is 2. The van der Waals surface area contributed by atoms with Crippen LogP contribution in [0.5, 0.6) is 0 Å². The highest BCUT2D eigenvalue weighted by molar-refractivity contribution is 5.93. The van der Waals surface area contributed by atoms with Crippen molar-refractivity contribution in [1.29, 1.82) is 0 Å². The molecule has 0 aliphatic carbocycles. The lowest BCUT2D eigenvalue weighted by molar-refractivity contribution is -0.143. The number of carboxylic acids is 1. The summed E-state index contributed by atoms with van der Waals surface area (Å²) in [6.07, 6.45) is -0.764. The van der Waals surface area contributed by atoms with Gasteiger partial charge in [0.25, 0.3) is 0 Å². The molecule has 7 nitrogen and oxygen atoms in total. The van der Waals surface area contributed by atoms with Crippen molar-refractivity contribution in [2.24, 2.45) is 5.92 Å². The number of benzene rings is 3. The van der Waals surface area contributed by atoms with Crippen LogP contribution in [0.4, 0.5) is 4.79 Å². The predicted molar refractivity (Wildman–Crippen MR) is 137 cm³/mol. The van der Waals surface area contributed by atoms with E-state index in [1.165, 1.54) is 0 Å². The Kier molecular flexibility index (Phi) is 8.84. The van der Waals surface area contributed by atoms with E-state index in [1.54, 1.807) is 20.8 Å². The summed E-state index contributed by atoms with van der Waals surface area (Å²) in [6, 6.07) is 26.3. The smallest absolute Gasteiger partial charge is 0.408 e. The van der Waals surface area contributed by atoms with Crippen molar-refractivity contribution in [3.05, 3.63) is 108 Å². The second-order valence-electron chi connectivity index (χ2n) is 9.13. The fourth-order valence-corrected chi connectivity index (χ4v) is 3.91. The molecule has 0 spiro atoms. The molecule has 188 valence electrons. The van der Waals surface area contributed by atoms with Crippen LogP contribution in [-0.4, -0.2) is 34.7 Å². The molecule has 3 aromatic carbocycles. The standard InChI is InChI=1S/C29H32N2O5/c1-20(2)29(3,31-28(35)36-19-21-13-7-4-8-14-21)27(34)30-25(26(32)33)24(22-15-9-5-10-16-22)23-17-11-6-12-18-23/h4-18,20,24-25H,19H2,1-3H3,(H,30,34)(H,31,35)(H,32,33). The predicted octanol–water partition coefficient (Wildman–Crippen LogP) is 4.73. The molecule has 2 atom stereocenters. The van der Waals surface area contributed by atoms with Crippen LogP contribution in [0.15, 0.2) is 91.0 Å². The SMILES string of the molecule is CC(C)C(C)(NC(=O)OCc1ccccc1)C(=O)NC(C(=O)O)C(c1ccccc1)c1ccccc1. The topological polar surface area (TPSA) is 105 Å². The van der Waals surface area contributed by atoms with Crippen molar-refractivity contribution in [3.63, 3.8) is 0 Å². The Hall–Kier alpha value is -4.13. The fraction of sp³-hybridized carbons (Fsp3) is 0.276. The summed E-state index contributed by atoms with van der Waals surface area (Å²) in [4.78, 5) is 38.6. The first-order valence-electron chi connectivity index (χ1n) is 11.8. The molecule has 3 aromatic rings. The van der Waals surface area contributed by atoms with Crippen molar-refractivity contribution < 1.29 is 24.2 Å². The van der Waals surface area contributed by atoms with Crippen molar-refractivity contribution in [1.82, 2.24) is 10.6 Å². The van der Waals surface area contributed by atoms with E-state index >= 15 is 0 Å². The normalized spacial score (nSPS) is 13.5. The van der Waals surface area contributed by atoms with Crippen LogP contribution in [0.25, 0.3) is 0 Å². The minimum atomic E-state index is -1.42. The molecule has 0 saturated heterocycles. The minimum absolute atomic E-state index is 0.0459. The average Bonchev–Trinajstić information content (AvgIpc) is 2.88. The summed E-state index contributed by atoms with van der Waals surface area (Å²) in [5, 5.41) is 15.6. The third-order valence-corrected chi connectivity index (χ3v) is 6.40. The Morgan fingerprint density at radius 3 is 1.75 bits per heavy atom. The maximum atomic E-state index is 13.6. The molecule has 2 amide bonds. The van der Waals surface area contributed by atoms with Crippen molar-refractivity contribution in [2.45, 2.75) is 44.9 Å². The maximum absolute atomic E-state index is 13.6. The van der Waals surface area contributed by atoms with E-state index in [9.17, 15) is 19.5 Å². The molecule has 2 unspecified atom stereocenters. The zero-order valence-corrected chi connectivity index (χ0v) is 20.7. The molecule has 0 radical (unpaired) electrons. The van der Waals surface area contributed by atoms with Crippen LogP contribution in [0.1, 0.15) is 43.4 Å². The molecule has 0 aromatic heterocycles. The van der Waals surface area contributed by atoms with Crippen LogP contribution in [-0.2, 0) is 20.9 Å². The number of carboxylic acid groups (broad SMARTS) is 1. The van der Waals surface area contributed by atoms with Gasteiger partial charge in [0.2, 0.25) is 5.91 Å². The van der Waals surface area contributed by atoms with E-state index in [0.717, 1.165) is 16.7 Å². The largest absolute Gasteiger partial charge is 0.480 e. The van der Waals surface area contributed by atoms with Gasteiger partial charge in [-0.1, -0.05) is 105 Å². The lowest BCUT2D eigenvalue weighted by Gasteiger charge is -2.35. The minimum Gasteiger partial charge on any atom is -0.480 e. The van der Waals surface area contributed by atoms with Crippen LogP contribution in [0.3, 0.4) is 0 Å². The zero-order chi connectivity index (χ0) is 26.1. The van der Waals surface area contributed by atoms with E-state index in [1.807, 2.05) is 91.0 Å². The quantitative estimate of drug-likeness (QED) is 0.383. The second kappa shape index (κ2) is 12.0. The number of rotatable bonds is 10. The molecule has 3 rings (SSSR count). The summed E-state index contributed by atoms with van der Waals surface area (Å²) in [5.41, 5.74) is 0.887. The monoisotopic (exact) mass is 488 g/mol. The van der Waals surface area contributed by atoms with Gasteiger partial charge >= 0.3 is 12.1 Å². The lowest BCUT2D eigenvalue weighted by atomic mass is 9.83. The number of aliphatic carboxylic acids is 1. The summed E-state index contributed by atoms with van der Waals surface area (Å²) in [6.45, 7) is 5.16. The number of hydrogen-bond donors (Lipinski definition) is 3. The Morgan fingerprint density at radius 2 is 1.31 bits per heavy atom. The Morgan fingerprint density at radius 1 is 0.833 bits per heavy atom. The first-order chi connectivity index (χ1) is 17.2. The van der Waals surface area contributed by atoms with Gasteiger partial charge in [-0.3, -0.25) is 4.79 Å². The Labute approximate surface area is 211 Å². The van der Waals surface area contributed by atoms with E-state index < -0.39 is 35.5 Å². The molecule has 7 heteroatoms. The first kappa shape index (κ1) is 26.5.